The summed E-state index contributed by atoms with van der Waals surface area (Å²) in [5, 5.41) is 0. The Labute approximate surface area is 177 Å². The van der Waals surface area contributed by atoms with Crippen LogP contribution in [0.3, 0.4) is 0 Å². The average molecular weight is 449 g/mol. The number of sulfonamides is 2. The molecule has 7 nitrogen and oxygen atoms in total. The lowest BCUT2D eigenvalue weighted by Crippen LogP contribution is -2.36. The summed E-state index contributed by atoms with van der Waals surface area (Å²) in [5.41, 5.74) is 1.69. The van der Waals surface area contributed by atoms with E-state index in [0.717, 1.165) is 15.4 Å². The molecule has 0 atom stereocenters. The minimum atomic E-state index is -3.79. The van der Waals surface area contributed by atoms with Gasteiger partial charge < -0.3 is 0 Å². The van der Waals surface area contributed by atoms with Crippen LogP contribution in [-0.2, 0) is 37.8 Å². The van der Waals surface area contributed by atoms with Gasteiger partial charge in [-0.3, -0.25) is 4.79 Å². The molecule has 0 aromatic heterocycles. The van der Waals surface area contributed by atoms with Gasteiger partial charge in [0.05, 0.1) is 21.8 Å². The highest BCUT2D eigenvalue weighted by atomic mass is 32.2. The first kappa shape index (κ1) is 21.0. The monoisotopic (exact) mass is 448 g/mol. The van der Waals surface area contributed by atoms with Gasteiger partial charge in [0, 0.05) is 13.1 Å². The van der Waals surface area contributed by atoms with Gasteiger partial charge in [-0.05, 0) is 62.1 Å². The zero-order chi connectivity index (χ0) is 21.9. The second kappa shape index (κ2) is 6.90. The van der Waals surface area contributed by atoms with E-state index in [1.807, 2.05) is 24.3 Å². The summed E-state index contributed by atoms with van der Waals surface area (Å²) in [4.78, 5) is 12.7. The molecule has 160 valence electrons. The number of carbonyl (C=O) groups is 1. The molecule has 2 aromatic carbocycles. The Kier molecular flexibility index (Phi) is 4.83. The lowest BCUT2D eigenvalue weighted by atomic mass is 9.95. The Morgan fingerprint density at radius 1 is 1.03 bits per heavy atom. The van der Waals surface area contributed by atoms with Crippen LogP contribution in [0.5, 0.6) is 0 Å². The van der Waals surface area contributed by atoms with Crippen molar-refractivity contribution < 1.29 is 21.6 Å². The second-order valence-electron chi connectivity index (χ2n) is 8.52. The lowest BCUT2D eigenvalue weighted by Gasteiger charge is -2.29. The van der Waals surface area contributed by atoms with E-state index in [4.69, 9.17) is 0 Å². The van der Waals surface area contributed by atoms with Crippen molar-refractivity contribution in [3.8, 4) is 0 Å². The highest BCUT2D eigenvalue weighted by Crippen LogP contribution is 2.37. The van der Waals surface area contributed by atoms with Gasteiger partial charge in [-0.1, -0.05) is 24.3 Å². The highest BCUT2D eigenvalue weighted by molar-refractivity contribution is 7.94. The number of amides is 1. The van der Waals surface area contributed by atoms with E-state index in [1.54, 1.807) is 20.8 Å². The molecule has 0 unspecified atom stereocenters. The molecule has 0 aliphatic carbocycles. The van der Waals surface area contributed by atoms with E-state index in [-0.39, 0.29) is 16.3 Å². The normalized spacial score (nSPS) is 20.9. The van der Waals surface area contributed by atoms with Crippen LogP contribution in [0.1, 0.15) is 30.5 Å². The Bertz CT molecular complexity index is 1250. The fourth-order valence-electron chi connectivity index (χ4n) is 4.12. The van der Waals surface area contributed by atoms with Crippen molar-refractivity contribution in [3.63, 3.8) is 0 Å². The Morgan fingerprint density at radius 2 is 1.70 bits per heavy atom. The van der Waals surface area contributed by atoms with E-state index in [9.17, 15) is 21.6 Å². The summed E-state index contributed by atoms with van der Waals surface area (Å²) >= 11 is 0. The molecule has 0 radical (unpaired) electrons. The molecule has 2 aliphatic heterocycles. The maximum atomic E-state index is 13.3. The zero-order valence-electron chi connectivity index (χ0n) is 17.1. The number of aryl methyl sites for hydroxylation is 1. The quantitative estimate of drug-likeness (QED) is 0.719. The number of carbonyl (C=O) groups excluding carboxylic acids is 1. The SMILES string of the molecule is Cc1cc(N2C(=O)C(C)(C)CS2(=O)=O)ccc1S(=O)(=O)N1CCc2ccccc2C1. The van der Waals surface area contributed by atoms with Gasteiger partial charge in [0.15, 0.2) is 0 Å². The van der Waals surface area contributed by atoms with Crippen molar-refractivity contribution in [2.24, 2.45) is 5.41 Å². The van der Waals surface area contributed by atoms with Crippen molar-refractivity contribution in [3.05, 3.63) is 59.2 Å². The number of anilines is 1. The van der Waals surface area contributed by atoms with Crippen molar-refractivity contribution in [1.29, 1.82) is 0 Å². The summed E-state index contributed by atoms with van der Waals surface area (Å²) in [7, 11) is -7.55. The fraction of sp³-hybridized carbons (Fsp3) is 0.381. The molecular formula is C21H24N2O5S2. The van der Waals surface area contributed by atoms with E-state index in [1.165, 1.54) is 22.5 Å². The Morgan fingerprint density at radius 3 is 2.30 bits per heavy atom. The molecule has 1 amide bonds. The van der Waals surface area contributed by atoms with Crippen molar-refractivity contribution in [2.45, 2.75) is 38.6 Å². The molecule has 0 spiro atoms. The largest absolute Gasteiger partial charge is 0.273 e. The number of hydrogen-bond donors (Lipinski definition) is 0. The Hall–Kier alpha value is -2.23. The molecule has 2 heterocycles. The van der Waals surface area contributed by atoms with Crippen LogP contribution in [0.25, 0.3) is 0 Å². The van der Waals surface area contributed by atoms with Gasteiger partial charge in [0.1, 0.15) is 0 Å². The average Bonchev–Trinajstić information content (AvgIpc) is 2.83. The van der Waals surface area contributed by atoms with Crippen molar-refractivity contribution in [1.82, 2.24) is 4.31 Å². The van der Waals surface area contributed by atoms with Crippen LogP contribution < -0.4 is 4.31 Å². The maximum absolute atomic E-state index is 13.3. The second-order valence-corrected chi connectivity index (χ2v) is 12.2. The molecule has 30 heavy (non-hydrogen) atoms. The third-order valence-electron chi connectivity index (χ3n) is 5.69. The number of hydrogen-bond acceptors (Lipinski definition) is 5. The number of rotatable bonds is 3. The molecule has 0 N–H and O–H groups in total. The summed E-state index contributed by atoms with van der Waals surface area (Å²) in [5.74, 6) is -0.782. The van der Waals surface area contributed by atoms with E-state index in [2.05, 4.69) is 0 Å². The van der Waals surface area contributed by atoms with Crippen LogP contribution in [0.15, 0.2) is 47.4 Å². The molecule has 0 bridgehead atoms. The van der Waals surface area contributed by atoms with E-state index >= 15 is 0 Å². The highest BCUT2D eigenvalue weighted by Gasteiger charge is 2.50. The molecule has 2 aliphatic rings. The van der Waals surface area contributed by atoms with Crippen molar-refractivity contribution >= 4 is 31.6 Å². The predicted molar refractivity (Wildman–Crippen MR) is 114 cm³/mol. The first-order valence-electron chi connectivity index (χ1n) is 9.68. The summed E-state index contributed by atoms with van der Waals surface area (Å²) in [6, 6.07) is 12.0. The van der Waals surface area contributed by atoms with Gasteiger partial charge in [-0.2, -0.15) is 4.31 Å². The number of benzene rings is 2. The van der Waals surface area contributed by atoms with Crippen LogP contribution >= 0.6 is 0 Å². The summed E-state index contributed by atoms with van der Waals surface area (Å²) in [6.45, 7) is 5.48. The van der Waals surface area contributed by atoms with Crippen molar-refractivity contribution in [2.75, 3.05) is 16.6 Å². The topological polar surface area (TPSA) is 91.8 Å². The van der Waals surface area contributed by atoms with E-state index in [0.29, 0.717) is 25.1 Å². The smallest absolute Gasteiger partial charge is 0.247 e. The first-order chi connectivity index (χ1) is 13.9. The lowest BCUT2D eigenvalue weighted by molar-refractivity contribution is -0.123. The maximum Gasteiger partial charge on any atom is 0.247 e. The summed E-state index contributed by atoms with van der Waals surface area (Å²) < 4.78 is 53.8. The van der Waals surface area contributed by atoms with Gasteiger partial charge in [-0.25, -0.2) is 21.1 Å². The minimum absolute atomic E-state index is 0.119. The van der Waals surface area contributed by atoms with E-state index < -0.39 is 31.4 Å². The molecule has 1 saturated heterocycles. The van der Waals surface area contributed by atoms with Crippen LogP contribution in [0.4, 0.5) is 5.69 Å². The molecule has 0 saturated carbocycles. The minimum Gasteiger partial charge on any atom is -0.273 e. The van der Waals surface area contributed by atoms with Gasteiger partial charge in [0.2, 0.25) is 26.0 Å². The van der Waals surface area contributed by atoms with Crippen LogP contribution in [0.2, 0.25) is 0 Å². The van der Waals surface area contributed by atoms with Gasteiger partial charge in [-0.15, -0.1) is 0 Å². The molecular weight excluding hydrogens is 424 g/mol. The first-order valence-corrected chi connectivity index (χ1v) is 12.7. The molecule has 2 aromatic rings. The van der Waals surface area contributed by atoms with Crippen LogP contribution in [0, 0.1) is 12.3 Å². The van der Waals surface area contributed by atoms with Gasteiger partial charge >= 0.3 is 0 Å². The standard InChI is InChI=1S/C21H24N2O5S2/c1-15-12-18(23-20(24)21(2,3)14-29(23,25)26)8-9-19(15)30(27,28)22-11-10-16-6-4-5-7-17(16)13-22/h4-9,12H,10-11,13-14H2,1-3H3. The molecule has 9 heteroatoms. The number of nitrogens with zero attached hydrogens (tertiary/aromatic N) is 2. The third kappa shape index (κ3) is 3.34. The zero-order valence-corrected chi connectivity index (χ0v) is 18.8. The fourth-order valence-corrected chi connectivity index (χ4v) is 7.85. The summed E-state index contributed by atoms with van der Waals surface area (Å²) in [6.07, 6.45) is 0.641. The third-order valence-corrected chi connectivity index (χ3v) is 9.72. The molecule has 1 fully saturated rings. The van der Waals surface area contributed by atoms with Gasteiger partial charge in [0.25, 0.3) is 0 Å². The van der Waals surface area contributed by atoms with Crippen LogP contribution in [-0.4, -0.2) is 39.3 Å². The molecule has 4 rings (SSSR count). The Balaban J connectivity index is 1.68. The number of fused-ring (bicyclic) bond motifs is 1. The predicted octanol–water partition coefficient (Wildman–Crippen LogP) is 2.44.